The van der Waals surface area contributed by atoms with Gasteiger partial charge in [-0.15, -0.1) is 0 Å². The second-order valence-corrected chi connectivity index (χ2v) is 5.79. The fourth-order valence-electron chi connectivity index (χ4n) is 3.16. The van der Waals surface area contributed by atoms with Crippen LogP contribution in [0.25, 0.3) is 11.0 Å². The molecule has 114 valence electrons. The normalized spacial score (nSPS) is 21.9. The van der Waals surface area contributed by atoms with Crippen molar-refractivity contribution in [3.8, 4) is 0 Å². The molecule has 6 heteroatoms. The number of H-pyrrole nitrogens is 1. The first kappa shape index (κ1) is 14.3. The van der Waals surface area contributed by atoms with E-state index in [2.05, 4.69) is 31.7 Å². The maximum atomic E-state index is 9.63. The SMILES string of the molecule is CCC1CN(c2ncnc3[nH]ccc23)CCN1CC(C)O. The molecule has 0 radical (unpaired) electrons. The molecule has 0 saturated carbocycles. The number of β-amino-alcohol motifs (C(OH)–C–C–N with tert-alkyl or cyclic N) is 1. The Labute approximate surface area is 124 Å². The molecule has 3 heterocycles. The topological polar surface area (TPSA) is 68.3 Å². The zero-order valence-corrected chi connectivity index (χ0v) is 12.7. The van der Waals surface area contributed by atoms with E-state index in [0.29, 0.717) is 6.04 Å². The van der Waals surface area contributed by atoms with Crippen LogP contribution in [0.1, 0.15) is 20.3 Å². The summed E-state index contributed by atoms with van der Waals surface area (Å²) < 4.78 is 0. The Morgan fingerprint density at radius 1 is 1.43 bits per heavy atom. The first-order valence-electron chi connectivity index (χ1n) is 7.64. The highest BCUT2D eigenvalue weighted by atomic mass is 16.3. The minimum atomic E-state index is -0.277. The number of nitrogens with zero attached hydrogens (tertiary/aromatic N) is 4. The molecule has 0 amide bonds. The number of aliphatic hydroxyl groups excluding tert-OH is 1. The Morgan fingerprint density at radius 2 is 2.29 bits per heavy atom. The van der Waals surface area contributed by atoms with Gasteiger partial charge in [-0.2, -0.15) is 0 Å². The average molecular weight is 289 g/mol. The number of fused-ring (bicyclic) bond motifs is 1. The molecular weight excluding hydrogens is 266 g/mol. The van der Waals surface area contributed by atoms with Crippen LogP contribution in [0.3, 0.4) is 0 Å². The lowest BCUT2D eigenvalue weighted by Gasteiger charge is -2.42. The predicted molar refractivity (Wildman–Crippen MR) is 83.4 cm³/mol. The highest BCUT2D eigenvalue weighted by Crippen LogP contribution is 2.25. The number of aliphatic hydroxyl groups is 1. The summed E-state index contributed by atoms with van der Waals surface area (Å²) in [4.78, 5) is 16.6. The molecule has 1 aliphatic heterocycles. The van der Waals surface area contributed by atoms with Gasteiger partial charge < -0.3 is 15.0 Å². The van der Waals surface area contributed by atoms with Gasteiger partial charge in [-0.25, -0.2) is 9.97 Å². The third-order valence-electron chi connectivity index (χ3n) is 4.21. The summed E-state index contributed by atoms with van der Waals surface area (Å²) in [5, 5.41) is 10.7. The monoisotopic (exact) mass is 289 g/mol. The van der Waals surface area contributed by atoms with E-state index in [1.807, 2.05) is 19.2 Å². The van der Waals surface area contributed by atoms with E-state index in [0.717, 1.165) is 49.5 Å². The highest BCUT2D eigenvalue weighted by molar-refractivity contribution is 5.87. The number of nitrogens with one attached hydrogen (secondary N) is 1. The van der Waals surface area contributed by atoms with Crippen molar-refractivity contribution in [3.63, 3.8) is 0 Å². The van der Waals surface area contributed by atoms with Crippen LogP contribution in [0.4, 0.5) is 5.82 Å². The van der Waals surface area contributed by atoms with Crippen LogP contribution < -0.4 is 4.90 Å². The van der Waals surface area contributed by atoms with Crippen molar-refractivity contribution in [2.75, 3.05) is 31.1 Å². The van der Waals surface area contributed by atoms with Crippen LogP contribution in [0.15, 0.2) is 18.6 Å². The molecule has 1 fully saturated rings. The Kier molecular flexibility index (Phi) is 4.07. The third-order valence-corrected chi connectivity index (χ3v) is 4.21. The molecule has 2 atom stereocenters. The molecule has 3 rings (SSSR count). The van der Waals surface area contributed by atoms with E-state index in [-0.39, 0.29) is 6.10 Å². The number of aromatic nitrogens is 3. The van der Waals surface area contributed by atoms with Crippen molar-refractivity contribution in [3.05, 3.63) is 18.6 Å². The molecule has 2 aromatic rings. The Morgan fingerprint density at radius 3 is 3.05 bits per heavy atom. The average Bonchev–Trinajstić information content (AvgIpc) is 2.95. The minimum absolute atomic E-state index is 0.277. The summed E-state index contributed by atoms with van der Waals surface area (Å²) in [7, 11) is 0. The second kappa shape index (κ2) is 5.99. The summed E-state index contributed by atoms with van der Waals surface area (Å²) in [5.41, 5.74) is 0.888. The number of aromatic amines is 1. The summed E-state index contributed by atoms with van der Waals surface area (Å²) in [6.07, 6.45) is 4.33. The van der Waals surface area contributed by atoms with Crippen LogP contribution >= 0.6 is 0 Å². The summed E-state index contributed by atoms with van der Waals surface area (Å²) in [6, 6.07) is 2.49. The van der Waals surface area contributed by atoms with Crippen molar-refractivity contribution in [1.29, 1.82) is 0 Å². The molecule has 21 heavy (non-hydrogen) atoms. The molecule has 2 aromatic heterocycles. The highest BCUT2D eigenvalue weighted by Gasteiger charge is 2.28. The largest absolute Gasteiger partial charge is 0.392 e. The van der Waals surface area contributed by atoms with Crippen molar-refractivity contribution in [2.45, 2.75) is 32.4 Å². The standard InChI is InChI=1S/C15H23N5O/c1-3-12-9-20(7-6-19(12)8-11(2)21)15-13-4-5-16-14(13)17-10-18-15/h4-5,10-12,21H,3,6-9H2,1-2H3,(H,16,17,18). The van der Waals surface area contributed by atoms with Crippen LogP contribution in [0.5, 0.6) is 0 Å². The fourth-order valence-corrected chi connectivity index (χ4v) is 3.16. The summed E-state index contributed by atoms with van der Waals surface area (Å²) >= 11 is 0. The Bertz CT molecular complexity index is 597. The molecule has 1 aliphatic rings. The van der Waals surface area contributed by atoms with Crippen LogP contribution in [0.2, 0.25) is 0 Å². The van der Waals surface area contributed by atoms with Gasteiger partial charge in [0.2, 0.25) is 0 Å². The quantitative estimate of drug-likeness (QED) is 0.886. The lowest BCUT2D eigenvalue weighted by atomic mass is 10.1. The maximum absolute atomic E-state index is 9.63. The van der Waals surface area contributed by atoms with E-state index in [9.17, 15) is 5.11 Å². The van der Waals surface area contributed by atoms with E-state index in [1.54, 1.807) is 6.33 Å². The Balaban J connectivity index is 1.80. The van der Waals surface area contributed by atoms with E-state index < -0.39 is 0 Å². The molecule has 0 aromatic carbocycles. The molecule has 2 unspecified atom stereocenters. The smallest absolute Gasteiger partial charge is 0.142 e. The van der Waals surface area contributed by atoms with E-state index in [1.165, 1.54) is 0 Å². The lowest BCUT2D eigenvalue weighted by Crippen LogP contribution is -2.54. The molecule has 2 N–H and O–H groups in total. The minimum Gasteiger partial charge on any atom is -0.392 e. The van der Waals surface area contributed by atoms with E-state index in [4.69, 9.17) is 0 Å². The van der Waals surface area contributed by atoms with Gasteiger partial charge in [-0.05, 0) is 19.4 Å². The molecule has 0 aliphatic carbocycles. The van der Waals surface area contributed by atoms with Gasteiger partial charge in [0.05, 0.1) is 11.5 Å². The summed E-state index contributed by atoms with van der Waals surface area (Å²) in [6.45, 7) is 7.64. The number of piperazine rings is 1. The van der Waals surface area contributed by atoms with Crippen molar-refractivity contribution in [2.24, 2.45) is 0 Å². The van der Waals surface area contributed by atoms with Crippen molar-refractivity contribution >= 4 is 16.9 Å². The van der Waals surface area contributed by atoms with Gasteiger partial charge >= 0.3 is 0 Å². The number of hydrogen-bond donors (Lipinski definition) is 2. The van der Waals surface area contributed by atoms with Gasteiger partial charge in [-0.1, -0.05) is 6.92 Å². The fraction of sp³-hybridized carbons (Fsp3) is 0.600. The first-order chi connectivity index (χ1) is 10.2. The van der Waals surface area contributed by atoms with Gasteiger partial charge in [0.25, 0.3) is 0 Å². The predicted octanol–water partition coefficient (Wildman–Crippen LogP) is 1.24. The first-order valence-corrected chi connectivity index (χ1v) is 7.64. The van der Waals surface area contributed by atoms with E-state index >= 15 is 0 Å². The maximum Gasteiger partial charge on any atom is 0.142 e. The molecular formula is C15H23N5O. The molecule has 1 saturated heterocycles. The molecule has 6 nitrogen and oxygen atoms in total. The zero-order valence-electron chi connectivity index (χ0n) is 12.7. The van der Waals surface area contributed by atoms with Crippen LogP contribution in [-0.4, -0.2) is 63.3 Å². The molecule has 0 bridgehead atoms. The number of rotatable bonds is 4. The number of anilines is 1. The van der Waals surface area contributed by atoms with Crippen molar-refractivity contribution in [1.82, 2.24) is 19.9 Å². The Hall–Kier alpha value is -1.66. The van der Waals surface area contributed by atoms with Gasteiger partial charge in [0.15, 0.2) is 0 Å². The lowest BCUT2D eigenvalue weighted by molar-refractivity contribution is 0.0885. The van der Waals surface area contributed by atoms with Gasteiger partial charge in [0.1, 0.15) is 17.8 Å². The van der Waals surface area contributed by atoms with Crippen LogP contribution in [-0.2, 0) is 0 Å². The van der Waals surface area contributed by atoms with Crippen molar-refractivity contribution < 1.29 is 5.11 Å². The third kappa shape index (κ3) is 2.87. The molecule has 0 spiro atoms. The van der Waals surface area contributed by atoms with Gasteiger partial charge in [-0.3, -0.25) is 4.90 Å². The summed E-state index contributed by atoms with van der Waals surface area (Å²) in [5.74, 6) is 1.01. The van der Waals surface area contributed by atoms with Gasteiger partial charge in [0, 0.05) is 38.4 Å². The number of hydrogen-bond acceptors (Lipinski definition) is 5. The zero-order chi connectivity index (χ0) is 14.8. The second-order valence-electron chi connectivity index (χ2n) is 5.79. The van der Waals surface area contributed by atoms with Crippen LogP contribution in [0, 0.1) is 0 Å².